The number of pyridine rings is 1. The second kappa shape index (κ2) is 6.34. The normalized spacial score (nSPS) is 12.2. The number of hydrogen-bond donors (Lipinski definition) is 1. The van der Waals surface area contributed by atoms with Crippen molar-refractivity contribution in [1.29, 1.82) is 0 Å². The molecule has 1 unspecified atom stereocenters. The monoisotopic (exact) mass is 256 g/mol. The third kappa shape index (κ3) is 3.55. The van der Waals surface area contributed by atoms with Crippen molar-refractivity contribution in [3.63, 3.8) is 0 Å². The Balaban J connectivity index is 2.21. The lowest BCUT2D eigenvalue weighted by Crippen LogP contribution is -2.21. The fraction of sp³-hybridized carbons (Fsp3) is 0.312. The zero-order valence-electron chi connectivity index (χ0n) is 11.5. The smallest absolute Gasteiger partial charge is 0.118 e. The molecule has 2 N–H and O–H groups in total. The van der Waals surface area contributed by atoms with Crippen LogP contribution in [0.4, 0.5) is 0 Å². The molecule has 1 heterocycles. The highest BCUT2D eigenvalue weighted by Crippen LogP contribution is 2.21. The number of nitrogens with two attached hydrogens (primary N) is 1. The highest BCUT2D eigenvalue weighted by Gasteiger charge is 2.05. The summed E-state index contributed by atoms with van der Waals surface area (Å²) in [5.41, 5.74) is 9.09. The van der Waals surface area contributed by atoms with E-state index < -0.39 is 0 Å². The molecule has 0 saturated carbocycles. The van der Waals surface area contributed by atoms with Crippen LogP contribution in [0.25, 0.3) is 11.3 Å². The maximum Gasteiger partial charge on any atom is 0.118 e. The lowest BCUT2D eigenvalue weighted by Gasteiger charge is -2.09. The van der Waals surface area contributed by atoms with Gasteiger partial charge in [-0.1, -0.05) is 13.0 Å². The van der Waals surface area contributed by atoms with Gasteiger partial charge >= 0.3 is 0 Å². The molecule has 1 aromatic carbocycles. The first-order chi connectivity index (χ1) is 9.22. The number of benzene rings is 1. The average molecular weight is 256 g/mol. The van der Waals surface area contributed by atoms with Gasteiger partial charge in [-0.2, -0.15) is 0 Å². The van der Waals surface area contributed by atoms with E-state index in [1.807, 2.05) is 42.5 Å². The summed E-state index contributed by atoms with van der Waals surface area (Å²) in [6.07, 6.45) is 1.79. The first-order valence-corrected chi connectivity index (χ1v) is 6.59. The minimum absolute atomic E-state index is 0.179. The molecule has 100 valence electrons. The highest BCUT2D eigenvalue weighted by atomic mass is 16.5. The van der Waals surface area contributed by atoms with Gasteiger partial charge in [0.1, 0.15) is 5.75 Å². The molecule has 0 amide bonds. The number of nitrogens with zero attached hydrogens (tertiary/aromatic N) is 1. The molecule has 0 aliphatic carbocycles. The molecule has 0 spiro atoms. The minimum atomic E-state index is 0.179. The van der Waals surface area contributed by atoms with Crippen molar-refractivity contribution in [1.82, 2.24) is 4.98 Å². The second-order valence-corrected chi connectivity index (χ2v) is 4.62. The van der Waals surface area contributed by atoms with Crippen molar-refractivity contribution < 1.29 is 4.74 Å². The Morgan fingerprint density at radius 3 is 2.53 bits per heavy atom. The molecule has 0 radical (unpaired) electrons. The number of ether oxygens (including phenoxy) is 1. The fourth-order valence-electron chi connectivity index (χ4n) is 1.93. The van der Waals surface area contributed by atoms with Crippen LogP contribution in [0.5, 0.6) is 5.75 Å². The van der Waals surface area contributed by atoms with Gasteiger partial charge < -0.3 is 10.5 Å². The summed E-state index contributed by atoms with van der Waals surface area (Å²) in [6, 6.07) is 14.2. The Morgan fingerprint density at radius 2 is 1.89 bits per heavy atom. The van der Waals surface area contributed by atoms with E-state index in [4.69, 9.17) is 10.5 Å². The van der Waals surface area contributed by atoms with Crippen LogP contribution in [-0.4, -0.2) is 18.1 Å². The van der Waals surface area contributed by atoms with Gasteiger partial charge in [0.2, 0.25) is 0 Å². The maximum atomic E-state index is 5.98. The van der Waals surface area contributed by atoms with E-state index in [-0.39, 0.29) is 6.04 Å². The molecule has 1 atom stereocenters. The molecule has 0 bridgehead atoms. The molecule has 19 heavy (non-hydrogen) atoms. The van der Waals surface area contributed by atoms with Crippen LogP contribution in [0, 0.1) is 0 Å². The number of hydrogen-bond acceptors (Lipinski definition) is 3. The largest absolute Gasteiger partial charge is 0.497 e. The van der Waals surface area contributed by atoms with Gasteiger partial charge in [0, 0.05) is 23.7 Å². The number of aromatic nitrogens is 1. The van der Waals surface area contributed by atoms with E-state index in [0.29, 0.717) is 0 Å². The molecule has 0 fully saturated rings. The summed E-state index contributed by atoms with van der Waals surface area (Å²) < 4.78 is 5.16. The Labute approximate surface area is 114 Å². The van der Waals surface area contributed by atoms with E-state index in [1.54, 1.807) is 7.11 Å². The summed E-state index contributed by atoms with van der Waals surface area (Å²) in [5, 5.41) is 0. The first kappa shape index (κ1) is 13.6. The summed E-state index contributed by atoms with van der Waals surface area (Å²) in [7, 11) is 1.67. The lowest BCUT2D eigenvalue weighted by molar-refractivity contribution is 0.415. The molecule has 2 aromatic rings. The van der Waals surface area contributed by atoms with Crippen molar-refractivity contribution in [2.24, 2.45) is 5.73 Å². The predicted molar refractivity (Wildman–Crippen MR) is 78.2 cm³/mol. The van der Waals surface area contributed by atoms with Gasteiger partial charge in [0.25, 0.3) is 0 Å². The predicted octanol–water partition coefficient (Wildman–Crippen LogP) is 3.04. The van der Waals surface area contributed by atoms with E-state index in [2.05, 4.69) is 11.9 Å². The molecular formula is C16H20N2O. The highest BCUT2D eigenvalue weighted by molar-refractivity contribution is 5.60. The Bertz CT molecular complexity index is 523. The summed E-state index contributed by atoms with van der Waals surface area (Å²) in [6.45, 7) is 2.10. The zero-order valence-corrected chi connectivity index (χ0v) is 11.5. The van der Waals surface area contributed by atoms with Crippen LogP contribution in [0.3, 0.4) is 0 Å². The van der Waals surface area contributed by atoms with Gasteiger partial charge in [0.05, 0.1) is 12.8 Å². The standard InChI is InChI=1S/C16H20N2O/c1-3-13(17)11-14-5-4-6-16(18-14)12-7-9-15(19-2)10-8-12/h4-10,13H,3,11,17H2,1-2H3. The molecular weight excluding hydrogens is 236 g/mol. The zero-order chi connectivity index (χ0) is 13.7. The Kier molecular flexibility index (Phi) is 4.53. The van der Waals surface area contributed by atoms with Crippen LogP contribution in [0.2, 0.25) is 0 Å². The van der Waals surface area contributed by atoms with Gasteiger partial charge in [-0.3, -0.25) is 4.98 Å². The van der Waals surface area contributed by atoms with Gasteiger partial charge in [-0.15, -0.1) is 0 Å². The number of rotatable bonds is 5. The van der Waals surface area contributed by atoms with Crippen molar-refractivity contribution in [3.05, 3.63) is 48.2 Å². The summed E-state index contributed by atoms with van der Waals surface area (Å²) in [5.74, 6) is 0.855. The number of methoxy groups -OCH3 is 1. The van der Waals surface area contributed by atoms with Crippen molar-refractivity contribution in [2.75, 3.05) is 7.11 Å². The van der Waals surface area contributed by atoms with Gasteiger partial charge in [-0.05, 0) is 42.8 Å². The molecule has 2 rings (SSSR count). The van der Waals surface area contributed by atoms with E-state index in [9.17, 15) is 0 Å². The van der Waals surface area contributed by atoms with Crippen molar-refractivity contribution >= 4 is 0 Å². The van der Waals surface area contributed by atoms with Crippen molar-refractivity contribution in [3.8, 4) is 17.0 Å². The molecule has 0 aliphatic heterocycles. The summed E-state index contributed by atoms with van der Waals surface area (Å²) in [4.78, 5) is 4.67. The van der Waals surface area contributed by atoms with Crippen LogP contribution in [-0.2, 0) is 6.42 Å². The first-order valence-electron chi connectivity index (χ1n) is 6.59. The second-order valence-electron chi connectivity index (χ2n) is 4.62. The third-order valence-corrected chi connectivity index (χ3v) is 3.19. The lowest BCUT2D eigenvalue weighted by atomic mass is 10.1. The summed E-state index contributed by atoms with van der Waals surface area (Å²) >= 11 is 0. The van der Waals surface area contributed by atoms with Crippen LogP contribution < -0.4 is 10.5 Å². The molecule has 3 heteroatoms. The molecule has 0 saturated heterocycles. The van der Waals surface area contributed by atoms with Crippen molar-refractivity contribution in [2.45, 2.75) is 25.8 Å². The molecule has 3 nitrogen and oxygen atoms in total. The fourth-order valence-corrected chi connectivity index (χ4v) is 1.93. The Morgan fingerprint density at radius 1 is 1.16 bits per heavy atom. The maximum absolute atomic E-state index is 5.98. The molecule has 0 aliphatic rings. The third-order valence-electron chi connectivity index (χ3n) is 3.19. The van der Waals surface area contributed by atoms with E-state index >= 15 is 0 Å². The van der Waals surface area contributed by atoms with Crippen LogP contribution >= 0.6 is 0 Å². The average Bonchev–Trinajstić information content (AvgIpc) is 2.47. The topological polar surface area (TPSA) is 48.1 Å². The minimum Gasteiger partial charge on any atom is -0.497 e. The quantitative estimate of drug-likeness (QED) is 0.894. The van der Waals surface area contributed by atoms with Gasteiger partial charge in [0.15, 0.2) is 0 Å². The van der Waals surface area contributed by atoms with Crippen LogP contribution in [0.1, 0.15) is 19.0 Å². The molecule has 1 aromatic heterocycles. The van der Waals surface area contributed by atoms with Crippen LogP contribution in [0.15, 0.2) is 42.5 Å². The van der Waals surface area contributed by atoms with E-state index in [0.717, 1.165) is 35.5 Å². The van der Waals surface area contributed by atoms with Gasteiger partial charge in [-0.25, -0.2) is 0 Å². The SMILES string of the molecule is CCC(N)Cc1cccc(-c2ccc(OC)cc2)n1. The Hall–Kier alpha value is -1.87. The van der Waals surface area contributed by atoms with E-state index in [1.165, 1.54) is 0 Å².